The van der Waals surface area contributed by atoms with E-state index < -0.39 is 0 Å². The number of aliphatic hydroxyl groups excluding tert-OH is 3. The molecule has 33 heavy (non-hydrogen) atoms. The van der Waals surface area contributed by atoms with Crippen LogP contribution in [0.5, 0.6) is 0 Å². The molecule has 3 aromatic rings. The van der Waals surface area contributed by atoms with E-state index >= 15 is 0 Å². The van der Waals surface area contributed by atoms with Crippen LogP contribution in [-0.2, 0) is 0 Å². The number of nitrogens with zero attached hydrogens (tertiary/aromatic N) is 10. The number of rotatable bonds is 12. The molecule has 3 heterocycles. The van der Waals surface area contributed by atoms with Gasteiger partial charge in [0.1, 0.15) is 18.0 Å². The quantitative estimate of drug-likeness (QED) is 0.182. The number of aryl methyl sites for hydroxylation is 2. The van der Waals surface area contributed by atoms with Gasteiger partial charge in [-0.15, -0.1) is 0 Å². The molecule has 0 unspecified atom stereocenters. The Kier molecular flexibility index (Phi) is 8.39. The van der Waals surface area contributed by atoms with E-state index in [1.54, 1.807) is 18.7 Å². The smallest absolute Gasteiger partial charge is 0.234 e. The molecule has 0 spiro atoms. The number of nitrogens with one attached hydrogen (secondary N) is 3. The van der Waals surface area contributed by atoms with Crippen molar-refractivity contribution in [3.63, 3.8) is 0 Å². The highest BCUT2D eigenvalue weighted by Gasteiger charge is 2.13. The van der Waals surface area contributed by atoms with Gasteiger partial charge < -0.3 is 25.5 Å². The Bertz CT molecular complexity index is 1050. The minimum Gasteiger partial charge on any atom is -0.395 e. The van der Waals surface area contributed by atoms with Crippen LogP contribution in [0.15, 0.2) is 6.33 Å². The Labute approximate surface area is 188 Å². The summed E-state index contributed by atoms with van der Waals surface area (Å²) < 4.78 is 0. The zero-order valence-electron chi connectivity index (χ0n) is 18.1. The standard InChI is InChI=1S/C17H25N13O3/c1-10-21-12(18-3-6-31)26-15(22-10)27-13-19-9-20-14(25-13)28-16-23-11(2)24-17(29-16)30(4-7-32)5-8-33/h9,31-33H,3-8H2,1-2H3,(H3,18,19,20,21,22,23,24,25,26,27,28,29). The molecule has 0 aromatic carbocycles. The third kappa shape index (κ3) is 7.06. The van der Waals surface area contributed by atoms with Crippen molar-refractivity contribution < 1.29 is 15.3 Å². The van der Waals surface area contributed by atoms with Crippen molar-refractivity contribution in [1.29, 1.82) is 0 Å². The van der Waals surface area contributed by atoms with Gasteiger partial charge in [0.25, 0.3) is 0 Å². The predicted molar refractivity (Wildman–Crippen MR) is 117 cm³/mol. The van der Waals surface area contributed by atoms with Crippen molar-refractivity contribution >= 4 is 35.7 Å². The second kappa shape index (κ2) is 11.7. The summed E-state index contributed by atoms with van der Waals surface area (Å²) in [5.74, 6) is 2.20. The molecular weight excluding hydrogens is 434 g/mol. The Morgan fingerprint density at radius 1 is 0.667 bits per heavy atom. The Balaban J connectivity index is 1.77. The number of hydrogen-bond donors (Lipinski definition) is 6. The summed E-state index contributed by atoms with van der Waals surface area (Å²) in [5.41, 5.74) is 0. The zero-order valence-corrected chi connectivity index (χ0v) is 18.1. The van der Waals surface area contributed by atoms with Crippen LogP contribution in [-0.4, -0.2) is 99.6 Å². The molecular formula is C17H25N13O3. The van der Waals surface area contributed by atoms with Crippen LogP contribution in [0.1, 0.15) is 11.6 Å². The molecule has 0 atom stereocenters. The van der Waals surface area contributed by atoms with Crippen LogP contribution in [0, 0.1) is 13.8 Å². The first-order valence-corrected chi connectivity index (χ1v) is 10.0. The fourth-order valence-corrected chi connectivity index (χ4v) is 2.62. The van der Waals surface area contributed by atoms with Gasteiger partial charge in [-0.25, -0.2) is 9.97 Å². The van der Waals surface area contributed by atoms with Crippen molar-refractivity contribution in [3.8, 4) is 0 Å². The summed E-state index contributed by atoms with van der Waals surface area (Å²) in [6.45, 7) is 3.89. The molecule has 3 rings (SSSR count). The van der Waals surface area contributed by atoms with E-state index in [1.807, 2.05) is 0 Å². The zero-order chi connectivity index (χ0) is 23.6. The summed E-state index contributed by atoms with van der Waals surface area (Å²) in [6.07, 6.45) is 1.29. The average molecular weight is 459 g/mol. The molecule has 0 aliphatic carbocycles. The van der Waals surface area contributed by atoms with Gasteiger partial charge in [0.15, 0.2) is 0 Å². The molecule has 0 radical (unpaired) electrons. The lowest BCUT2D eigenvalue weighted by molar-refractivity contribution is 0.280. The molecule has 0 saturated carbocycles. The van der Waals surface area contributed by atoms with Crippen molar-refractivity contribution in [3.05, 3.63) is 18.0 Å². The van der Waals surface area contributed by atoms with E-state index in [0.717, 1.165) is 0 Å². The van der Waals surface area contributed by atoms with Crippen LogP contribution < -0.4 is 20.9 Å². The molecule has 6 N–H and O–H groups in total. The number of hydrogen-bond acceptors (Lipinski definition) is 16. The van der Waals surface area contributed by atoms with E-state index in [1.165, 1.54) is 6.33 Å². The maximum Gasteiger partial charge on any atom is 0.234 e. The highest BCUT2D eigenvalue weighted by atomic mass is 16.3. The van der Waals surface area contributed by atoms with Crippen molar-refractivity contribution in [2.75, 3.05) is 60.3 Å². The largest absolute Gasteiger partial charge is 0.395 e. The van der Waals surface area contributed by atoms with Gasteiger partial charge in [-0.2, -0.15) is 34.9 Å². The van der Waals surface area contributed by atoms with Crippen LogP contribution in [0.3, 0.4) is 0 Å². The van der Waals surface area contributed by atoms with E-state index in [2.05, 4.69) is 60.8 Å². The van der Waals surface area contributed by atoms with Crippen LogP contribution in [0.25, 0.3) is 0 Å². The molecule has 16 nitrogen and oxygen atoms in total. The number of aliphatic hydroxyl groups is 3. The molecule has 0 aliphatic rings. The summed E-state index contributed by atoms with van der Waals surface area (Å²) in [4.78, 5) is 39.4. The van der Waals surface area contributed by atoms with E-state index in [-0.39, 0.29) is 56.7 Å². The van der Waals surface area contributed by atoms with Gasteiger partial charge in [-0.3, -0.25) is 10.6 Å². The number of anilines is 6. The minimum absolute atomic E-state index is 0.0635. The van der Waals surface area contributed by atoms with Crippen LogP contribution in [0.2, 0.25) is 0 Å². The van der Waals surface area contributed by atoms with Crippen LogP contribution in [0.4, 0.5) is 35.7 Å². The third-order valence-electron chi connectivity index (χ3n) is 3.92. The van der Waals surface area contributed by atoms with Crippen molar-refractivity contribution in [1.82, 2.24) is 44.9 Å². The summed E-state index contributed by atoms with van der Waals surface area (Å²) in [6, 6.07) is 0. The second-order valence-corrected chi connectivity index (χ2v) is 6.50. The van der Waals surface area contributed by atoms with E-state index in [0.29, 0.717) is 30.1 Å². The molecule has 0 amide bonds. The topological polar surface area (TPSA) is 216 Å². The van der Waals surface area contributed by atoms with Crippen LogP contribution >= 0.6 is 0 Å². The maximum atomic E-state index is 9.25. The van der Waals surface area contributed by atoms with Gasteiger partial charge in [0, 0.05) is 19.6 Å². The molecule has 176 valence electrons. The lowest BCUT2D eigenvalue weighted by atomic mass is 10.5. The SMILES string of the molecule is Cc1nc(NCCO)nc(Nc2ncnc(Nc3nc(C)nc(N(CCO)CCO)n3)n2)n1. The fraction of sp³-hybridized carbons (Fsp3) is 0.471. The second-order valence-electron chi connectivity index (χ2n) is 6.50. The maximum absolute atomic E-state index is 9.25. The molecule has 0 saturated heterocycles. The molecule has 0 aliphatic heterocycles. The number of aromatic nitrogens is 9. The Morgan fingerprint density at radius 3 is 1.82 bits per heavy atom. The molecule has 3 aromatic heterocycles. The lowest BCUT2D eigenvalue weighted by Crippen LogP contribution is -2.31. The summed E-state index contributed by atoms with van der Waals surface area (Å²) in [7, 11) is 0. The Morgan fingerprint density at radius 2 is 1.21 bits per heavy atom. The first-order chi connectivity index (χ1) is 16.0. The first-order valence-electron chi connectivity index (χ1n) is 10.0. The molecule has 16 heteroatoms. The highest BCUT2D eigenvalue weighted by Crippen LogP contribution is 2.15. The van der Waals surface area contributed by atoms with Gasteiger partial charge in [-0.05, 0) is 13.8 Å². The Hall–Kier alpha value is -3.89. The van der Waals surface area contributed by atoms with E-state index in [4.69, 9.17) is 5.11 Å². The third-order valence-corrected chi connectivity index (χ3v) is 3.92. The highest BCUT2D eigenvalue weighted by molar-refractivity contribution is 5.50. The average Bonchev–Trinajstić information content (AvgIpc) is 2.77. The van der Waals surface area contributed by atoms with Gasteiger partial charge in [0.05, 0.1) is 19.8 Å². The van der Waals surface area contributed by atoms with Gasteiger partial charge >= 0.3 is 0 Å². The fourth-order valence-electron chi connectivity index (χ4n) is 2.62. The lowest BCUT2D eigenvalue weighted by Gasteiger charge is -2.21. The monoisotopic (exact) mass is 459 g/mol. The normalized spacial score (nSPS) is 10.7. The molecule has 0 fully saturated rings. The first kappa shape index (κ1) is 23.8. The van der Waals surface area contributed by atoms with Gasteiger partial charge in [-0.1, -0.05) is 0 Å². The minimum atomic E-state index is -0.121. The van der Waals surface area contributed by atoms with Gasteiger partial charge in [0.2, 0.25) is 35.7 Å². The van der Waals surface area contributed by atoms with Crippen molar-refractivity contribution in [2.45, 2.75) is 13.8 Å². The molecule has 0 bridgehead atoms. The summed E-state index contributed by atoms with van der Waals surface area (Å²) in [5, 5.41) is 36.1. The van der Waals surface area contributed by atoms with Crippen molar-refractivity contribution in [2.24, 2.45) is 0 Å². The predicted octanol–water partition coefficient (Wildman–Crippen LogP) is -1.46. The summed E-state index contributed by atoms with van der Waals surface area (Å²) >= 11 is 0. The van der Waals surface area contributed by atoms with E-state index in [9.17, 15) is 10.2 Å².